The van der Waals surface area contributed by atoms with E-state index in [9.17, 15) is 9.65 Å². The number of hydrogen-bond acceptors (Lipinski definition) is 6. The zero-order valence-electron chi connectivity index (χ0n) is 23.1. The molecule has 1 fully saturated rings. The second-order valence-electron chi connectivity index (χ2n) is 10.6. The summed E-state index contributed by atoms with van der Waals surface area (Å²) >= 11 is 6.81. The van der Waals surface area contributed by atoms with Gasteiger partial charge in [-0.2, -0.15) is 5.26 Å². The fourth-order valence-electron chi connectivity index (χ4n) is 5.71. The summed E-state index contributed by atoms with van der Waals surface area (Å²) in [5.41, 5.74) is 5.82. The maximum Gasteiger partial charge on any atom is 0.142 e. The third-order valence-corrected chi connectivity index (χ3v) is 8.18. The number of hydrogen-bond donors (Lipinski definition) is 1. The molecule has 2 aliphatic rings. The van der Waals surface area contributed by atoms with E-state index >= 15 is 0 Å². The Bertz CT molecular complexity index is 1620. The van der Waals surface area contributed by atoms with Gasteiger partial charge in [0.15, 0.2) is 0 Å². The van der Waals surface area contributed by atoms with Crippen molar-refractivity contribution in [3.63, 3.8) is 0 Å². The van der Waals surface area contributed by atoms with Gasteiger partial charge in [-0.3, -0.25) is 4.98 Å². The Balaban J connectivity index is 1.26. The van der Waals surface area contributed by atoms with E-state index < -0.39 is 0 Å². The van der Waals surface area contributed by atoms with Crippen molar-refractivity contribution in [1.29, 1.82) is 5.26 Å². The second kappa shape index (κ2) is 12.9. The van der Waals surface area contributed by atoms with Crippen LogP contribution in [0.1, 0.15) is 53.2 Å². The maximum atomic E-state index is 14.6. The molecular formula is C34H31ClFN3O3. The van der Waals surface area contributed by atoms with Crippen molar-refractivity contribution in [3.05, 3.63) is 112 Å². The number of nitrogens with one attached hydrogen (secondary N) is 1. The molecule has 42 heavy (non-hydrogen) atoms. The number of fused-ring (bicyclic) bond motifs is 1. The smallest absolute Gasteiger partial charge is 0.142 e. The van der Waals surface area contributed by atoms with E-state index in [0.717, 1.165) is 66.7 Å². The molecule has 0 spiro atoms. The second-order valence-corrected chi connectivity index (χ2v) is 11.0. The van der Waals surface area contributed by atoms with Crippen molar-refractivity contribution < 1.29 is 18.6 Å². The molecule has 214 valence electrons. The molecule has 0 amide bonds. The van der Waals surface area contributed by atoms with Crippen LogP contribution in [-0.2, 0) is 24.3 Å². The fourth-order valence-corrected chi connectivity index (χ4v) is 5.94. The third kappa shape index (κ3) is 6.27. The zero-order valence-corrected chi connectivity index (χ0v) is 23.9. The number of pyridine rings is 1. The van der Waals surface area contributed by atoms with Crippen LogP contribution in [0.4, 0.5) is 4.39 Å². The first-order chi connectivity index (χ1) is 20.6. The number of rotatable bonds is 9. The Morgan fingerprint density at radius 2 is 1.83 bits per heavy atom. The summed E-state index contributed by atoms with van der Waals surface area (Å²) in [7, 11) is 0. The minimum absolute atomic E-state index is 0.222. The molecule has 1 aliphatic heterocycles. The lowest BCUT2D eigenvalue weighted by Gasteiger charge is -2.24. The summed E-state index contributed by atoms with van der Waals surface area (Å²) in [6.45, 7) is 2.32. The Labute approximate surface area is 250 Å². The van der Waals surface area contributed by atoms with Gasteiger partial charge in [-0.05, 0) is 60.6 Å². The normalized spacial score (nSPS) is 16.5. The molecule has 1 N–H and O–H groups in total. The van der Waals surface area contributed by atoms with Crippen LogP contribution in [0.2, 0.25) is 5.02 Å². The van der Waals surface area contributed by atoms with E-state index in [1.54, 1.807) is 18.3 Å². The lowest BCUT2D eigenvalue weighted by Crippen LogP contribution is -2.34. The van der Waals surface area contributed by atoms with E-state index in [1.165, 1.54) is 12.3 Å². The van der Waals surface area contributed by atoms with Crippen molar-refractivity contribution in [2.24, 2.45) is 0 Å². The molecule has 2 heterocycles. The summed E-state index contributed by atoms with van der Waals surface area (Å²) in [5.74, 6) is 0.940. The van der Waals surface area contributed by atoms with Crippen LogP contribution >= 0.6 is 11.6 Å². The van der Waals surface area contributed by atoms with E-state index in [4.69, 9.17) is 25.8 Å². The first-order valence-corrected chi connectivity index (χ1v) is 14.6. The van der Waals surface area contributed by atoms with Crippen molar-refractivity contribution in [2.45, 2.75) is 51.0 Å². The van der Waals surface area contributed by atoms with Crippen molar-refractivity contribution in [1.82, 2.24) is 10.3 Å². The highest BCUT2D eigenvalue weighted by molar-refractivity contribution is 6.32. The minimum Gasteiger partial charge on any atom is -0.488 e. The van der Waals surface area contributed by atoms with Crippen LogP contribution in [0, 0.1) is 17.1 Å². The SMILES string of the molecule is N#Cc1cncc(COc2cc(O[C@H]3CCc4c(-c5ccccc5F)cccc43)c(Cl)cc2CNC2CCOCC2)c1. The largest absolute Gasteiger partial charge is 0.488 e. The van der Waals surface area contributed by atoms with Gasteiger partial charge in [0.05, 0.1) is 10.6 Å². The molecule has 0 radical (unpaired) electrons. The van der Waals surface area contributed by atoms with E-state index in [2.05, 4.69) is 16.4 Å². The summed E-state index contributed by atoms with van der Waals surface area (Å²) < 4.78 is 33.0. The molecule has 1 atom stereocenters. The van der Waals surface area contributed by atoms with Crippen molar-refractivity contribution in [3.8, 4) is 28.7 Å². The Morgan fingerprint density at radius 3 is 2.67 bits per heavy atom. The number of halogens is 2. The number of aromatic nitrogens is 1. The Morgan fingerprint density at radius 1 is 1.00 bits per heavy atom. The average Bonchev–Trinajstić information content (AvgIpc) is 3.44. The Kier molecular flexibility index (Phi) is 8.66. The van der Waals surface area contributed by atoms with Gasteiger partial charge in [-0.25, -0.2) is 4.39 Å². The highest BCUT2D eigenvalue weighted by Crippen LogP contribution is 2.43. The Hall–Kier alpha value is -3.96. The van der Waals surface area contributed by atoms with Crippen LogP contribution < -0.4 is 14.8 Å². The minimum atomic E-state index is -0.236. The number of benzene rings is 3. The number of ether oxygens (including phenoxy) is 3. The molecule has 0 bridgehead atoms. The van der Waals surface area contributed by atoms with Crippen molar-refractivity contribution in [2.75, 3.05) is 13.2 Å². The standard InChI is InChI=1S/C34H31ClFN3O3/c35-30-15-24(20-39-25-10-12-40-13-11-25)33(41-21-23-14-22(17-37)18-38-19-23)16-34(30)42-32-9-8-27-26(5-3-6-29(27)32)28-4-1-2-7-31(28)36/h1-7,14-16,18-19,25,32,39H,8-13,20-21H2/t32-/m0/s1. The first-order valence-electron chi connectivity index (χ1n) is 14.2. The number of nitriles is 1. The molecule has 8 heteroatoms. The van der Waals surface area contributed by atoms with Gasteiger partial charge in [0.2, 0.25) is 0 Å². The average molecular weight is 584 g/mol. The van der Waals surface area contributed by atoms with Crippen LogP contribution in [0.3, 0.4) is 0 Å². The molecule has 0 unspecified atom stereocenters. The predicted molar refractivity (Wildman–Crippen MR) is 159 cm³/mol. The molecule has 1 aliphatic carbocycles. The van der Waals surface area contributed by atoms with Gasteiger partial charge in [0, 0.05) is 61.0 Å². The molecule has 4 aromatic rings. The highest BCUT2D eigenvalue weighted by atomic mass is 35.5. The molecular weight excluding hydrogens is 553 g/mol. The summed E-state index contributed by atoms with van der Waals surface area (Å²) in [4.78, 5) is 4.15. The maximum absolute atomic E-state index is 14.6. The molecule has 6 nitrogen and oxygen atoms in total. The number of nitrogens with zero attached hydrogens (tertiary/aromatic N) is 2. The monoisotopic (exact) mass is 583 g/mol. The van der Waals surface area contributed by atoms with E-state index in [1.807, 2.05) is 42.5 Å². The molecule has 0 saturated carbocycles. The highest BCUT2D eigenvalue weighted by Gasteiger charge is 2.28. The topological polar surface area (TPSA) is 76.4 Å². The summed E-state index contributed by atoms with van der Waals surface area (Å²) in [5, 5.41) is 13.4. The van der Waals surface area contributed by atoms with E-state index in [0.29, 0.717) is 40.2 Å². The quantitative estimate of drug-likeness (QED) is 0.222. The lowest BCUT2D eigenvalue weighted by atomic mass is 9.96. The third-order valence-electron chi connectivity index (χ3n) is 7.88. The van der Waals surface area contributed by atoms with Gasteiger partial charge >= 0.3 is 0 Å². The van der Waals surface area contributed by atoms with Gasteiger partial charge in [-0.1, -0.05) is 48.0 Å². The summed E-state index contributed by atoms with van der Waals surface area (Å²) in [6, 6.07) is 20.8. The van der Waals surface area contributed by atoms with Crippen LogP contribution in [-0.4, -0.2) is 24.2 Å². The van der Waals surface area contributed by atoms with E-state index in [-0.39, 0.29) is 18.5 Å². The van der Waals surface area contributed by atoms with Gasteiger partial charge < -0.3 is 19.5 Å². The van der Waals surface area contributed by atoms with Crippen LogP contribution in [0.25, 0.3) is 11.1 Å². The fraction of sp³-hybridized carbons (Fsp3) is 0.294. The molecule has 6 rings (SSSR count). The van der Waals surface area contributed by atoms with Crippen LogP contribution in [0.5, 0.6) is 11.5 Å². The molecule has 1 saturated heterocycles. The predicted octanol–water partition coefficient (Wildman–Crippen LogP) is 7.33. The molecule has 3 aromatic carbocycles. The summed E-state index contributed by atoms with van der Waals surface area (Å²) in [6.07, 6.45) is 6.43. The molecule has 1 aromatic heterocycles. The van der Waals surface area contributed by atoms with Gasteiger partial charge in [0.1, 0.15) is 36.1 Å². The zero-order chi connectivity index (χ0) is 28.9. The van der Waals surface area contributed by atoms with Gasteiger partial charge in [-0.15, -0.1) is 0 Å². The first kappa shape index (κ1) is 28.2. The van der Waals surface area contributed by atoms with Gasteiger partial charge in [0.25, 0.3) is 0 Å². The lowest BCUT2D eigenvalue weighted by molar-refractivity contribution is 0.0775. The van der Waals surface area contributed by atoms with Crippen LogP contribution in [0.15, 0.2) is 73.1 Å². The van der Waals surface area contributed by atoms with Crippen molar-refractivity contribution >= 4 is 11.6 Å².